The van der Waals surface area contributed by atoms with Gasteiger partial charge in [0.1, 0.15) is 0 Å². The minimum Gasteiger partial charge on any atom is -0.314 e. The Hall–Kier alpha value is -0.860. The van der Waals surface area contributed by atoms with Crippen molar-refractivity contribution in [2.24, 2.45) is 5.92 Å². The predicted molar refractivity (Wildman–Crippen MR) is 91.8 cm³/mol. The van der Waals surface area contributed by atoms with Crippen LogP contribution in [0.2, 0.25) is 0 Å². The number of benzene rings is 1. The Morgan fingerprint density at radius 1 is 1.19 bits per heavy atom. The number of hydrogen-bond acceptors (Lipinski definition) is 2. The summed E-state index contributed by atoms with van der Waals surface area (Å²) in [4.78, 5) is 2.61. The van der Waals surface area contributed by atoms with Gasteiger partial charge in [0.25, 0.3) is 0 Å². The second-order valence-electron chi connectivity index (χ2n) is 6.95. The van der Waals surface area contributed by atoms with Crippen LogP contribution in [0.5, 0.6) is 0 Å². The summed E-state index contributed by atoms with van der Waals surface area (Å²) in [6.45, 7) is 11.9. The van der Waals surface area contributed by atoms with E-state index in [4.69, 9.17) is 0 Å². The molecule has 0 amide bonds. The summed E-state index contributed by atoms with van der Waals surface area (Å²) in [7, 11) is 0. The standard InChI is InChI=1S/C19H32N2/c1-16-7-6-8-19(13-16)10-9-18(3)20-14-17(2)15-21-11-4-5-12-21/h6-8,13,17-18,20H,4-5,9-12,14-15H2,1-3H3. The quantitative estimate of drug-likeness (QED) is 0.785. The van der Waals surface area contributed by atoms with Crippen molar-refractivity contribution in [3.63, 3.8) is 0 Å². The molecule has 2 heteroatoms. The molecule has 1 N–H and O–H groups in total. The van der Waals surface area contributed by atoms with E-state index in [0.29, 0.717) is 6.04 Å². The second kappa shape index (κ2) is 8.55. The lowest BCUT2D eigenvalue weighted by Crippen LogP contribution is -2.35. The van der Waals surface area contributed by atoms with E-state index in [9.17, 15) is 0 Å². The maximum atomic E-state index is 3.71. The number of nitrogens with zero attached hydrogens (tertiary/aromatic N) is 1. The molecular weight excluding hydrogens is 256 g/mol. The van der Waals surface area contributed by atoms with E-state index in [2.05, 4.69) is 55.3 Å². The third-order valence-corrected chi connectivity index (χ3v) is 4.53. The molecule has 1 aliphatic rings. The fraction of sp³-hybridized carbons (Fsp3) is 0.684. The number of likely N-dealkylation sites (tertiary alicyclic amines) is 1. The van der Waals surface area contributed by atoms with Gasteiger partial charge in [-0.2, -0.15) is 0 Å². The van der Waals surface area contributed by atoms with Crippen LogP contribution in [0.15, 0.2) is 24.3 Å². The van der Waals surface area contributed by atoms with Crippen LogP contribution >= 0.6 is 0 Å². The molecule has 1 saturated heterocycles. The molecule has 2 unspecified atom stereocenters. The number of nitrogens with one attached hydrogen (secondary N) is 1. The molecule has 0 bridgehead atoms. The van der Waals surface area contributed by atoms with Crippen molar-refractivity contribution < 1.29 is 0 Å². The first-order valence-corrected chi connectivity index (χ1v) is 8.65. The Kier molecular flexibility index (Phi) is 6.72. The Morgan fingerprint density at radius 2 is 1.95 bits per heavy atom. The molecule has 1 aromatic rings. The summed E-state index contributed by atoms with van der Waals surface area (Å²) in [6, 6.07) is 9.50. The van der Waals surface area contributed by atoms with Gasteiger partial charge in [0.15, 0.2) is 0 Å². The molecule has 0 saturated carbocycles. The molecule has 0 spiro atoms. The summed E-state index contributed by atoms with van der Waals surface area (Å²) in [5.41, 5.74) is 2.83. The van der Waals surface area contributed by atoms with Gasteiger partial charge in [-0.05, 0) is 70.6 Å². The van der Waals surface area contributed by atoms with Gasteiger partial charge < -0.3 is 10.2 Å². The van der Waals surface area contributed by atoms with Gasteiger partial charge >= 0.3 is 0 Å². The molecule has 2 rings (SSSR count). The lowest BCUT2D eigenvalue weighted by Gasteiger charge is -2.22. The van der Waals surface area contributed by atoms with Crippen molar-refractivity contribution in [2.75, 3.05) is 26.2 Å². The Labute approximate surface area is 130 Å². The van der Waals surface area contributed by atoms with Crippen molar-refractivity contribution in [2.45, 2.75) is 52.5 Å². The first-order valence-electron chi connectivity index (χ1n) is 8.65. The molecule has 2 nitrogen and oxygen atoms in total. The molecule has 0 aliphatic carbocycles. The van der Waals surface area contributed by atoms with Gasteiger partial charge in [0, 0.05) is 12.6 Å². The van der Waals surface area contributed by atoms with E-state index < -0.39 is 0 Å². The van der Waals surface area contributed by atoms with Crippen LogP contribution in [0.4, 0.5) is 0 Å². The third-order valence-electron chi connectivity index (χ3n) is 4.53. The lowest BCUT2D eigenvalue weighted by molar-refractivity contribution is 0.278. The van der Waals surface area contributed by atoms with E-state index in [-0.39, 0.29) is 0 Å². The summed E-state index contributed by atoms with van der Waals surface area (Å²) in [5.74, 6) is 0.754. The van der Waals surface area contributed by atoms with E-state index in [1.807, 2.05) is 0 Å². The highest BCUT2D eigenvalue weighted by atomic mass is 15.1. The van der Waals surface area contributed by atoms with E-state index in [1.54, 1.807) is 0 Å². The van der Waals surface area contributed by atoms with Crippen LogP contribution in [0.1, 0.15) is 44.2 Å². The summed E-state index contributed by atoms with van der Waals surface area (Å²) < 4.78 is 0. The van der Waals surface area contributed by atoms with Crippen molar-refractivity contribution in [1.29, 1.82) is 0 Å². The summed E-state index contributed by atoms with van der Waals surface area (Å²) >= 11 is 0. The topological polar surface area (TPSA) is 15.3 Å². The number of hydrogen-bond donors (Lipinski definition) is 1. The largest absolute Gasteiger partial charge is 0.314 e. The molecule has 0 radical (unpaired) electrons. The smallest absolute Gasteiger partial charge is 0.00420 e. The third kappa shape index (κ3) is 6.19. The fourth-order valence-corrected chi connectivity index (χ4v) is 3.23. The van der Waals surface area contributed by atoms with Gasteiger partial charge in [-0.25, -0.2) is 0 Å². The molecule has 118 valence electrons. The van der Waals surface area contributed by atoms with Gasteiger partial charge in [-0.15, -0.1) is 0 Å². The Bertz CT molecular complexity index is 410. The number of aryl methyl sites for hydroxylation is 2. The molecule has 21 heavy (non-hydrogen) atoms. The Morgan fingerprint density at radius 3 is 2.67 bits per heavy atom. The van der Waals surface area contributed by atoms with Gasteiger partial charge in [0.2, 0.25) is 0 Å². The molecular formula is C19H32N2. The van der Waals surface area contributed by atoms with E-state index in [0.717, 1.165) is 12.5 Å². The average molecular weight is 288 g/mol. The van der Waals surface area contributed by atoms with E-state index >= 15 is 0 Å². The molecule has 1 fully saturated rings. The zero-order valence-electron chi connectivity index (χ0n) is 14.1. The van der Waals surface area contributed by atoms with Gasteiger partial charge in [0.05, 0.1) is 0 Å². The van der Waals surface area contributed by atoms with Crippen LogP contribution in [0, 0.1) is 12.8 Å². The van der Waals surface area contributed by atoms with E-state index in [1.165, 1.54) is 56.4 Å². The summed E-state index contributed by atoms with van der Waals surface area (Å²) in [6.07, 6.45) is 5.19. The zero-order valence-corrected chi connectivity index (χ0v) is 14.1. The maximum absolute atomic E-state index is 3.71. The first kappa shape index (κ1) is 16.5. The van der Waals surface area contributed by atoms with Crippen LogP contribution in [0.3, 0.4) is 0 Å². The monoisotopic (exact) mass is 288 g/mol. The highest BCUT2D eigenvalue weighted by molar-refractivity contribution is 5.22. The highest BCUT2D eigenvalue weighted by Gasteiger charge is 2.14. The SMILES string of the molecule is Cc1cccc(CCC(C)NCC(C)CN2CCCC2)c1. The predicted octanol–water partition coefficient (Wildman–Crippen LogP) is 3.64. The van der Waals surface area contributed by atoms with Crippen molar-refractivity contribution in [3.8, 4) is 0 Å². The molecule has 1 aliphatic heterocycles. The average Bonchev–Trinajstić information content (AvgIpc) is 2.96. The van der Waals surface area contributed by atoms with Crippen molar-refractivity contribution in [3.05, 3.63) is 35.4 Å². The molecule has 2 atom stereocenters. The molecule has 1 aromatic carbocycles. The van der Waals surface area contributed by atoms with Crippen LogP contribution in [0.25, 0.3) is 0 Å². The van der Waals surface area contributed by atoms with Gasteiger partial charge in [-0.3, -0.25) is 0 Å². The first-order chi connectivity index (χ1) is 10.1. The second-order valence-corrected chi connectivity index (χ2v) is 6.95. The van der Waals surface area contributed by atoms with Crippen molar-refractivity contribution in [1.82, 2.24) is 10.2 Å². The molecule has 1 heterocycles. The molecule has 0 aromatic heterocycles. The minimum atomic E-state index is 0.603. The van der Waals surface area contributed by atoms with Crippen LogP contribution in [-0.2, 0) is 6.42 Å². The maximum Gasteiger partial charge on any atom is 0.00420 e. The Balaban J connectivity index is 1.61. The van der Waals surface area contributed by atoms with Gasteiger partial charge in [-0.1, -0.05) is 36.8 Å². The van der Waals surface area contributed by atoms with Crippen molar-refractivity contribution >= 4 is 0 Å². The minimum absolute atomic E-state index is 0.603. The normalized spacial score (nSPS) is 18.8. The zero-order chi connectivity index (χ0) is 15.1. The van der Waals surface area contributed by atoms with Crippen LogP contribution in [-0.4, -0.2) is 37.1 Å². The lowest BCUT2D eigenvalue weighted by atomic mass is 10.0. The highest BCUT2D eigenvalue weighted by Crippen LogP contribution is 2.11. The summed E-state index contributed by atoms with van der Waals surface area (Å²) in [5, 5.41) is 3.71. The fourth-order valence-electron chi connectivity index (χ4n) is 3.23. The number of rotatable bonds is 8. The van der Waals surface area contributed by atoms with Crippen LogP contribution < -0.4 is 5.32 Å².